The zero-order valence-corrected chi connectivity index (χ0v) is 12.8. The number of hydrazine groups is 1. The number of ketones is 1. The first kappa shape index (κ1) is 14.9. The van der Waals surface area contributed by atoms with E-state index in [2.05, 4.69) is 10.1 Å². The van der Waals surface area contributed by atoms with E-state index in [1.807, 2.05) is 42.5 Å². The second-order valence-electron chi connectivity index (χ2n) is 5.19. The number of benzene rings is 2. The van der Waals surface area contributed by atoms with Crippen molar-refractivity contribution in [1.29, 1.82) is 0 Å². The van der Waals surface area contributed by atoms with Crippen molar-refractivity contribution in [3.05, 3.63) is 72.1 Å². The Labute approximate surface area is 134 Å². The van der Waals surface area contributed by atoms with Gasteiger partial charge in [0.15, 0.2) is 5.78 Å². The van der Waals surface area contributed by atoms with Crippen LogP contribution < -0.4 is 10.9 Å². The summed E-state index contributed by atoms with van der Waals surface area (Å²) in [4.78, 5) is 15.5. The van der Waals surface area contributed by atoms with Crippen molar-refractivity contribution in [2.75, 3.05) is 5.01 Å². The molecule has 6 heteroatoms. The van der Waals surface area contributed by atoms with Crippen LogP contribution in [0.15, 0.2) is 60.9 Å². The minimum absolute atomic E-state index is 0.0463. The van der Waals surface area contributed by atoms with Crippen molar-refractivity contribution in [2.24, 2.45) is 5.84 Å². The van der Waals surface area contributed by atoms with Gasteiger partial charge < -0.3 is 0 Å². The van der Waals surface area contributed by atoms with Crippen molar-refractivity contribution < 1.29 is 4.79 Å². The SMILES string of the molecule is CC(=O)c1ccc(CN(N)c2ncnn2-c2ccccc2)cc1. The van der Waals surface area contributed by atoms with Crippen molar-refractivity contribution in [3.63, 3.8) is 0 Å². The molecule has 0 aliphatic heterocycles. The monoisotopic (exact) mass is 307 g/mol. The van der Waals surface area contributed by atoms with Gasteiger partial charge in [-0.15, -0.1) is 0 Å². The van der Waals surface area contributed by atoms with Gasteiger partial charge >= 0.3 is 0 Å². The second kappa shape index (κ2) is 6.41. The van der Waals surface area contributed by atoms with Crippen LogP contribution in [0.1, 0.15) is 22.8 Å². The van der Waals surface area contributed by atoms with E-state index < -0.39 is 0 Å². The van der Waals surface area contributed by atoms with Crippen molar-refractivity contribution in [3.8, 4) is 5.69 Å². The first-order valence-corrected chi connectivity index (χ1v) is 7.22. The van der Waals surface area contributed by atoms with Crippen LogP contribution in [0.5, 0.6) is 0 Å². The normalized spacial score (nSPS) is 10.5. The van der Waals surface area contributed by atoms with Crippen LogP contribution in [-0.2, 0) is 6.54 Å². The fraction of sp³-hybridized carbons (Fsp3) is 0.118. The third-order valence-electron chi connectivity index (χ3n) is 3.50. The number of anilines is 1. The zero-order chi connectivity index (χ0) is 16.2. The lowest BCUT2D eigenvalue weighted by Crippen LogP contribution is -2.32. The van der Waals surface area contributed by atoms with Crippen LogP contribution in [0, 0.1) is 0 Å². The van der Waals surface area contributed by atoms with Crippen LogP contribution in [0.3, 0.4) is 0 Å². The summed E-state index contributed by atoms with van der Waals surface area (Å²) in [5.41, 5.74) is 2.56. The lowest BCUT2D eigenvalue weighted by Gasteiger charge is -2.18. The van der Waals surface area contributed by atoms with E-state index in [4.69, 9.17) is 5.84 Å². The fourth-order valence-corrected chi connectivity index (χ4v) is 2.29. The molecular weight excluding hydrogens is 290 g/mol. The van der Waals surface area contributed by atoms with Gasteiger partial charge in [0, 0.05) is 5.56 Å². The van der Waals surface area contributed by atoms with Crippen LogP contribution in [0.2, 0.25) is 0 Å². The van der Waals surface area contributed by atoms with Gasteiger partial charge in [0.2, 0.25) is 5.95 Å². The maximum absolute atomic E-state index is 11.3. The highest BCUT2D eigenvalue weighted by Crippen LogP contribution is 2.16. The molecule has 0 saturated heterocycles. The molecule has 6 nitrogen and oxygen atoms in total. The summed E-state index contributed by atoms with van der Waals surface area (Å²) in [6, 6.07) is 17.1. The summed E-state index contributed by atoms with van der Waals surface area (Å²) >= 11 is 0. The van der Waals surface area contributed by atoms with Gasteiger partial charge in [-0.25, -0.2) is 5.84 Å². The summed E-state index contributed by atoms with van der Waals surface area (Å²) in [6.07, 6.45) is 1.47. The van der Waals surface area contributed by atoms with Gasteiger partial charge in [-0.1, -0.05) is 42.5 Å². The lowest BCUT2D eigenvalue weighted by molar-refractivity contribution is 0.101. The molecule has 0 atom stereocenters. The number of nitrogens with zero attached hydrogens (tertiary/aromatic N) is 4. The zero-order valence-electron chi connectivity index (χ0n) is 12.8. The van der Waals surface area contributed by atoms with E-state index in [0.717, 1.165) is 11.3 Å². The van der Waals surface area contributed by atoms with Crippen LogP contribution in [0.25, 0.3) is 5.69 Å². The Morgan fingerprint density at radius 3 is 2.48 bits per heavy atom. The Kier molecular flexibility index (Phi) is 4.16. The van der Waals surface area contributed by atoms with Gasteiger partial charge in [-0.3, -0.25) is 9.80 Å². The minimum atomic E-state index is 0.0463. The van der Waals surface area contributed by atoms with E-state index in [0.29, 0.717) is 18.1 Å². The molecule has 23 heavy (non-hydrogen) atoms. The number of hydrogen-bond acceptors (Lipinski definition) is 5. The topological polar surface area (TPSA) is 77.0 Å². The number of para-hydroxylation sites is 1. The molecule has 0 saturated carbocycles. The Morgan fingerprint density at radius 1 is 1.13 bits per heavy atom. The van der Waals surface area contributed by atoms with E-state index in [1.54, 1.807) is 23.7 Å². The van der Waals surface area contributed by atoms with Gasteiger partial charge in [0.1, 0.15) is 6.33 Å². The molecule has 2 N–H and O–H groups in total. The smallest absolute Gasteiger partial charge is 0.243 e. The first-order valence-electron chi connectivity index (χ1n) is 7.22. The molecule has 0 bridgehead atoms. The third-order valence-corrected chi connectivity index (χ3v) is 3.50. The molecule has 0 unspecified atom stereocenters. The average Bonchev–Trinajstić information content (AvgIpc) is 3.06. The average molecular weight is 307 g/mol. The lowest BCUT2D eigenvalue weighted by atomic mass is 10.1. The standard InChI is InChI=1S/C17H17N5O/c1-13(23)15-9-7-14(8-10-15)11-21(18)17-19-12-20-22(17)16-5-3-2-4-6-16/h2-10,12H,11,18H2,1H3. The quantitative estimate of drug-likeness (QED) is 0.445. The van der Waals surface area contributed by atoms with Crippen LogP contribution in [0.4, 0.5) is 5.95 Å². The molecule has 0 spiro atoms. The number of aromatic nitrogens is 3. The van der Waals surface area contributed by atoms with E-state index in [1.165, 1.54) is 11.3 Å². The Morgan fingerprint density at radius 2 is 1.83 bits per heavy atom. The third kappa shape index (κ3) is 3.27. The van der Waals surface area contributed by atoms with E-state index in [-0.39, 0.29) is 5.78 Å². The predicted octanol–water partition coefficient (Wildman–Crippen LogP) is 2.35. The molecular formula is C17H17N5O. The van der Waals surface area contributed by atoms with Crippen molar-refractivity contribution in [1.82, 2.24) is 14.8 Å². The van der Waals surface area contributed by atoms with Crippen molar-refractivity contribution in [2.45, 2.75) is 13.5 Å². The molecule has 0 amide bonds. The minimum Gasteiger partial charge on any atom is -0.295 e. The fourth-order valence-electron chi connectivity index (χ4n) is 2.29. The Bertz CT molecular complexity index is 795. The summed E-state index contributed by atoms with van der Waals surface area (Å²) < 4.78 is 1.68. The molecule has 116 valence electrons. The molecule has 0 aliphatic carbocycles. The number of rotatable bonds is 5. The number of carbonyl (C=O) groups excluding carboxylic acids is 1. The molecule has 3 aromatic rings. The highest BCUT2D eigenvalue weighted by Gasteiger charge is 2.12. The highest BCUT2D eigenvalue weighted by atomic mass is 16.1. The number of Topliss-reactive ketones (excluding diaryl/α,β-unsaturated/α-hetero) is 1. The summed E-state index contributed by atoms with van der Waals surface area (Å²) in [5.74, 6) is 6.74. The molecule has 2 aromatic carbocycles. The number of hydrogen-bond donors (Lipinski definition) is 1. The second-order valence-corrected chi connectivity index (χ2v) is 5.19. The molecule has 0 aliphatic rings. The highest BCUT2D eigenvalue weighted by molar-refractivity contribution is 5.94. The molecule has 1 heterocycles. The number of nitrogens with two attached hydrogens (primary N) is 1. The maximum atomic E-state index is 11.3. The Balaban J connectivity index is 1.80. The summed E-state index contributed by atoms with van der Waals surface area (Å²) in [6.45, 7) is 2.01. The summed E-state index contributed by atoms with van der Waals surface area (Å²) in [5, 5.41) is 5.76. The predicted molar refractivity (Wildman–Crippen MR) is 88.2 cm³/mol. The largest absolute Gasteiger partial charge is 0.295 e. The molecule has 0 radical (unpaired) electrons. The van der Waals surface area contributed by atoms with E-state index >= 15 is 0 Å². The van der Waals surface area contributed by atoms with Gasteiger partial charge in [0.05, 0.1) is 12.2 Å². The van der Waals surface area contributed by atoms with Crippen LogP contribution >= 0.6 is 0 Å². The van der Waals surface area contributed by atoms with Gasteiger partial charge in [-0.05, 0) is 24.6 Å². The maximum Gasteiger partial charge on any atom is 0.243 e. The van der Waals surface area contributed by atoms with E-state index in [9.17, 15) is 4.79 Å². The molecule has 0 fully saturated rings. The molecule has 1 aromatic heterocycles. The Hall–Kier alpha value is -2.99. The van der Waals surface area contributed by atoms with Gasteiger partial charge in [-0.2, -0.15) is 14.8 Å². The van der Waals surface area contributed by atoms with Crippen molar-refractivity contribution >= 4 is 11.7 Å². The van der Waals surface area contributed by atoms with Gasteiger partial charge in [0.25, 0.3) is 0 Å². The first-order chi connectivity index (χ1) is 11.1. The number of carbonyl (C=O) groups is 1. The molecule has 3 rings (SSSR count). The summed E-state index contributed by atoms with van der Waals surface area (Å²) in [7, 11) is 0. The van der Waals surface area contributed by atoms with Crippen LogP contribution in [-0.4, -0.2) is 20.5 Å².